The van der Waals surface area contributed by atoms with E-state index in [1.165, 1.54) is 0 Å². The highest BCUT2D eigenvalue weighted by molar-refractivity contribution is 7.61. The number of aliphatic hydroxyl groups excluding tert-OH is 4. The highest BCUT2D eigenvalue weighted by atomic mass is 31.3. The molecule has 4 rings (SSSR count). The predicted molar refractivity (Wildman–Crippen MR) is 122 cm³/mol. The summed E-state index contributed by atoms with van der Waals surface area (Å²) in [6.07, 6.45) is -11.6. The molecule has 22 nitrogen and oxygen atoms in total. The van der Waals surface area contributed by atoms with Gasteiger partial charge in [-0.25, -0.2) is 28.6 Å². The fourth-order valence-electron chi connectivity index (χ4n) is 3.79. The third-order valence-electron chi connectivity index (χ3n) is 5.58. The van der Waals surface area contributed by atoms with Gasteiger partial charge in [-0.15, -0.1) is 0 Å². The summed E-state index contributed by atoms with van der Waals surface area (Å²) in [5.74, 6) is -0.0509. The van der Waals surface area contributed by atoms with E-state index in [-0.39, 0.29) is 17.0 Å². The average molecular weight is 639 g/mol. The number of aromatic nitrogens is 4. The molecule has 10 N–H and O–H groups in total. The van der Waals surface area contributed by atoms with Crippen molar-refractivity contribution in [1.29, 1.82) is 0 Å². The normalized spacial score (nSPS) is 34.2. The summed E-state index contributed by atoms with van der Waals surface area (Å²) in [6, 6.07) is 0. The number of imidazole rings is 1. The molecule has 2 aromatic rings. The van der Waals surface area contributed by atoms with E-state index in [0.717, 1.165) is 17.2 Å². The van der Waals surface area contributed by atoms with Crippen LogP contribution in [0.25, 0.3) is 11.2 Å². The number of hydrogen-bond acceptors (Lipinski definition) is 17. The van der Waals surface area contributed by atoms with Gasteiger partial charge < -0.3 is 55.2 Å². The molecular formula is C15H24N5O17P3. The molecule has 0 aliphatic carbocycles. The Bertz CT molecular complexity index is 1360. The van der Waals surface area contributed by atoms with Crippen molar-refractivity contribution in [2.24, 2.45) is 0 Å². The molecule has 2 saturated heterocycles. The molecule has 0 aromatic carbocycles. The Balaban J connectivity index is 1.42. The maximum Gasteiger partial charge on any atom is 0.481 e. The van der Waals surface area contributed by atoms with Crippen molar-refractivity contribution in [3.05, 3.63) is 12.7 Å². The largest absolute Gasteiger partial charge is 0.481 e. The van der Waals surface area contributed by atoms with Crippen LogP contribution >= 0.6 is 23.5 Å². The SMILES string of the molecule is Nc1ncnc2c1ncn2[C@@H]1O[C@H](COP(=O)(O)OP(=O)(O)OCC2OC(O)[C@H](O)[C@@H]2O)[C@@H](O)[C@H]1OP(=O)(O)O. The van der Waals surface area contributed by atoms with Crippen LogP contribution in [0, 0.1) is 0 Å². The molecule has 0 bridgehead atoms. The summed E-state index contributed by atoms with van der Waals surface area (Å²) < 4.78 is 65.1. The number of aliphatic hydroxyl groups is 4. The quantitative estimate of drug-likeness (QED) is 0.109. The maximum atomic E-state index is 12.3. The first kappa shape index (κ1) is 31.4. The van der Waals surface area contributed by atoms with E-state index >= 15 is 0 Å². The molecule has 226 valence electrons. The number of phosphoric acid groups is 3. The Morgan fingerprint density at radius 3 is 2.02 bits per heavy atom. The number of nitrogen functional groups attached to an aromatic ring is 1. The van der Waals surface area contributed by atoms with Crippen molar-refractivity contribution in [2.75, 3.05) is 18.9 Å². The Morgan fingerprint density at radius 1 is 0.875 bits per heavy atom. The first-order valence-electron chi connectivity index (χ1n) is 10.8. The summed E-state index contributed by atoms with van der Waals surface area (Å²) in [5.41, 5.74) is 5.80. The molecule has 4 heterocycles. The van der Waals surface area contributed by atoms with Crippen LogP contribution in [0.4, 0.5) is 5.82 Å². The second-order valence-electron chi connectivity index (χ2n) is 8.36. The number of fused-ring (bicyclic) bond motifs is 1. The zero-order valence-corrected chi connectivity index (χ0v) is 22.3. The predicted octanol–water partition coefficient (Wildman–Crippen LogP) is -3.17. The summed E-state index contributed by atoms with van der Waals surface area (Å²) in [7, 11) is -16.1. The fraction of sp³-hybridized carbons (Fsp3) is 0.667. The minimum atomic E-state index is -5.46. The number of nitrogens with two attached hydrogens (primary N) is 1. The fourth-order valence-corrected chi connectivity index (χ4v) is 6.42. The Hall–Kier alpha value is -1.52. The highest BCUT2D eigenvalue weighted by Gasteiger charge is 2.50. The molecule has 25 heteroatoms. The van der Waals surface area contributed by atoms with E-state index in [4.69, 9.17) is 15.2 Å². The van der Waals surface area contributed by atoms with Gasteiger partial charge in [0.2, 0.25) is 0 Å². The van der Waals surface area contributed by atoms with Crippen LogP contribution in [0.3, 0.4) is 0 Å². The Labute approximate surface area is 222 Å². The molecule has 0 amide bonds. The molecule has 0 saturated carbocycles. The van der Waals surface area contributed by atoms with E-state index in [2.05, 4.69) is 32.8 Å². The Morgan fingerprint density at radius 2 is 1.48 bits per heavy atom. The van der Waals surface area contributed by atoms with Gasteiger partial charge in [0.15, 0.2) is 24.0 Å². The average Bonchev–Trinajstić information content (AvgIpc) is 3.47. The second-order valence-corrected chi connectivity index (χ2v) is 12.6. The number of rotatable bonds is 11. The monoisotopic (exact) mass is 639 g/mol. The molecule has 10 atom stereocenters. The molecule has 2 fully saturated rings. The second kappa shape index (κ2) is 11.6. The molecule has 4 unspecified atom stereocenters. The van der Waals surface area contributed by atoms with Gasteiger partial charge in [0.1, 0.15) is 48.5 Å². The number of hydrogen-bond donors (Lipinski definition) is 9. The van der Waals surface area contributed by atoms with E-state index in [1.54, 1.807) is 0 Å². The lowest BCUT2D eigenvalue weighted by molar-refractivity contribution is -0.132. The van der Waals surface area contributed by atoms with Crippen LogP contribution < -0.4 is 5.73 Å². The van der Waals surface area contributed by atoms with Gasteiger partial charge in [-0.3, -0.25) is 18.1 Å². The molecule has 2 aromatic heterocycles. The van der Waals surface area contributed by atoms with Gasteiger partial charge in [0.05, 0.1) is 19.5 Å². The lowest BCUT2D eigenvalue weighted by atomic mass is 10.1. The summed E-state index contributed by atoms with van der Waals surface area (Å²) in [4.78, 5) is 49.9. The van der Waals surface area contributed by atoms with Crippen LogP contribution in [0.15, 0.2) is 12.7 Å². The van der Waals surface area contributed by atoms with Gasteiger partial charge >= 0.3 is 23.5 Å². The number of nitrogens with zero attached hydrogens (tertiary/aromatic N) is 4. The lowest BCUT2D eigenvalue weighted by Crippen LogP contribution is -2.35. The number of phosphoric ester groups is 3. The van der Waals surface area contributed by atoms with Crippen LogP contribution in [-0.4, -0.2) is 116 Å². The summed E-state index contributed by atoms with van der Waals surface area (Å²) in [6.45, 7) is -2.03. The van der Waals surface area contributed by atoms with Crippen LogP contribution in [0.1, 0.15) is 6.23 Å². The van der Waals surface area contributed by atoms with Crippen LogP contribution in [-0.2, 0) is 41.1 Å². The third kappa shape index (κ3) is 7.09. The minimum absolute atomic E-state index is 0.0107. The zero-order chi connectivity index (χ0) is 29.6. The van der Waals surface area contributed by atoms with Crippen LogP contribution in [0.5, 0.6) is 0 Å². The van der Waals surface area contributed by atoms with Gasteiger partial charge in [-0.2, -0.15) is 4.31 Å². The first-order valence-corrected chi connectivity index (χ1v) is 15.4. The molecular weight excluding hydrogens is 615 g/mol. The van der Waals surface area contributed by atoms with Crippen molar-refractivity contribution in [3.8, 4) is 0 Å². The molecule has 0 radical (unpaired) electrons. The third-order valence-corrected chi connectivity index (χ3v) is 8.70. The van der Waals surface area contributed by atoms with Crippen molar-refractivity contribution >= 4 is 40.4 Å². The smallest absolute Gasteiger partial charge is 0.387 e. The van der Waals surface area contributed by atoms with E-state index < -0.39 is 85.8 Å². The van der Waals surface area contributed by atoms with Gasteiger partial charge in [-0.05, 0) is 0 Å². The van der Waals surface area contributed by atoms with Crippen molar-refractivity contribution < 1.29 is 81.1 Å². The topological polar surface area (TPSA) is 338 Å². The van der Waals surface area contributed by atoms with E-state index in [0.29, 0.717) is 0 Å². The number of ether oxygens (including phenoxy) is 2. The standard InChI is InChI=1S/C15H24N5O17P3/c16-12-7-13(18-3-17-12)20(4-19-7)14-11(36-38(25,26)27)9(22)6(34-14)2-33-40(30,31)37-39(28,29)32-1-5-8(21)10(23)15(24)35-5/h3-6,8-11,14-15,21-24H,1-2H2,(H,28,29)(H,30,31)(H2,16,17,18)(H2,25,26,27)/t5?,6-,8-,9-,10-,11-,14-,15?/m1/s1. The molecule has 40 heavy (non-hydrogen) atoms. The van der Waals surface area contributed by atoms with E-state index in [1.807, 2.05) is 0 Å². The highest BCUT2D eigenvalue weighted by Crippen LogP contribution is 2.61. The molecule has 2 aliphatic rings. The van der Waals surface area contributed by atoms with Gasteiger partial charge in [-0.1, -0.05) is 0 Å². The number of anilines is 1. The van der Waals surface area contributed by atoms with Crippen molar-refractivity contribution in [1.82, 2.24) is 19.5 Å². The minimum Gasteiger partial charge on any atom is -0.387 e. The Kier molecular flexibility index (Phi) is 9.14. The summed E-state index contributed by atoms with van der Waals surface area (Å²) >= 11 is 0. The summed E-state index contributed by atoms with van der Waals surface area (Å²) in [5, 5.41) is 39.0. The van der Waals surface area contributed by atoms with Gasteiger partial charge in [0.25, 0.3) is 0 Å². The maximum absolute atomic E-state index is 12.3. The zero-order valence-electron chi connectivity index (χ0n) is 19.6. The van der Waals surface area contributed by atoms with Crippen molar-refractivity contribution in [3.63, 3.8) is 0 Å². The van der Waals surface area contributed by atoms with E-state index in [9.17, 15) is 53.7 Å². The van der Waals surface area contributed by atoms with Gasteiger partial charge in [0, 0.05) is 0 Å². The van der Waals surface area contributed by atoms with Crippen molar-refractivity contribution in [2.45, 2.75) is 49.1 Å². The molecule has 0 spiro atoms. The van der Waals surface area contributed by atoms with Crippen LogP contribution in [0.2, 0.25) is 0 Å². The molecule has 2 aliphatic heterocycles. The first-order chi connectivity index (χ1) is 18.5. The lowest BCUT2D eigenvalue weighted by Gasteiger charge is -2.22.